The van der Waals surface area contributed by atoms with Gasteiger partial charge in [0, 0.05) is 6.42 Å². The van der Waals surface area contributed by atoms with Crippen LogP contribution in [0.2, 0.25) is 0 Å². The Morgan fingerprint density at radius 1 is 0.800 bits per heavy atom. The lowest BCUT2D eigenvalue weighted by atomic mass is 9.94. The second-order valence-electron chi connectivity index (χ2n) is 6.02. The Bertz CT molecular complexity index is 835. The van der Waals surface area contributed by atoms with E-state index in [4.69, 9.17) is 4.74 Å². The maximum Gasteiger partial charge on any atom is 0.306 e. The minimum atomic E-state index is -0.231. The summed E-state index contributed by atoms with van der Waals surface area (Å²) in [6, 6.07) is 27.0. The zero-order chi connectivity index (χ0) is 17.6. The average molecular weight is 330 g/mol. The van der Waals surface area contributed by atoms with Crippen LogP contribution in [-0.2, 0) is 9.53 Å². The molecule has 3 aromatic rings. The normalized spacial score (nSPS) is 11.8. The van der Waals surface area contributed by atoms with Crippen molar-refractivity contribution >= 4 is 5.97 Å². The van der Waals surface area contributed by atoms with E-state index in [0.717, 1.165) is 11.1 Å². The molecule has 0 aliphatic carbocycles. The summed E-state index contributed by atoms with van der Waals surface area (Å²) in [5, 5.41) is 0. The molecule has 2 heteroatoms. The van der Waals surface area contributed by atoms with Gasteiger partial charge >= 0.3 is 5.97 Å². The minimum Gasteiger partial charge on any atom is -0.458 e. The highest BCUT2D eigenvalue weighted by molar-refractivity contribution is 5.83. The molecule has 0 aliphatic heterocycles. The first-order valence-electron chi connectivity index (χ1n) is 8.63. The molecular weight excluding hydrogens is 308 g/mol. The molecule has 1 atom stereocenters. The number of benzene rings is 3. The third kappa shape index (κ3) is 3.97. The number of ether oxygens (including phenoxy) is 1. The van der Waals surface area contributed by atoms with Crippen molar-refractivity contribution in [2.45, 2.75) is 26.4 Å². The summed E-state index contributed by atoms with van der Waals surface area (Å²) in [5.74, 6) is -0.175. The summed E-state index contributed by atoms with van der Waals surface area (Å²) < 4.78 is 5.39. The van der Waals surface area contributed by atoms with Gasteiger partial charge in [0.2, 0.25) is 0 Å². The van der Waals surface area contributed by atoms with Crippen LogP contribution in [0.3, 0.4) is 0 Å². The number of rotatable bonds is 5. The lowest BCUT2D eigenvalue weighted by molar-refractivity contribution is -0.148. The van der Waals surface area contributed by atoms with Gasteiger partial charge in [-0.2, -0.15) is 0 Å². The van der Waals surface area contributed by atoms with Crippen LogP contribution in [0.15, 0.2) is 78.9 Å². The molecule has 0 saturated carbocycles. The fourth-order valence-corrected chi connectivity index (χ4v) is 2.89. The average Bonchev–Trinajstić information content (AvgIpc) is 2.68. The number of hydrogen-bond donors (Lipinski definition) is 0. The molecule has 0 spiro atoms. The lowest BCUT2D eigenvalue weighted by Gasteiger charge is -2.15. The highest BCUT2D eigenvalue weighted by Crippen LogP contribution is 2.32. The highest BCUT2D eigenvalue weighted by Gasteiger charge is 2.11. The van der Waals surface area contributed by atoms with Crippen molar-refractivity contribution in [3.05, 3.63) is 84.4 Å². The van der Waals surface area contributed by atoms with Gasteiger partial charge in [-0.05, 0) is 34.7 Å². The molecular formula is C23H22O2. The third-order valence-electron chi connectivity index (χ3n) is 4.30. The van der Waals surface area contributed by atoms with E-state index in [0.29, 0.717) is 6.42 Å². The molecule has 0 saturated heterocycles. The van der Waals surface area contributed by atoms with E-state index in [1.807, 2.05) is 25.1 Å². The van der Waals surface area contributed by atoms with E-state index < -0.39 is 0 Å². The Morgan fingerprint density at radius 2 is 1.32 bits per heavy atom. The van der Waals surface area contributed by atoms with Crippen LogP contribution in [-0.4, -0.2) is 5.97 Å². The molecule has 3 aromatic carbocycles. The predicted octanol–water partition coefficient (Wildman–Crippen LogP) is 6.03. The van der Waals surface area contributed by atoms with Gasteiger partial charge in [-0.15, -0.1) is 0 Å². The lowest BCUT2D eigenvalue weighted by Crippen LogP contribution is -2.07. The molecule has 1 unspecified atom stereocenters. The topological polar surface area (TPSA) is 26.3 Å². The van der Waals surface area contributed by atoms with Crippen molar-refractivity contribution in [3.8, 4) is 22.3 Å². The molecule has 0 N–H and O–H groups in total. The number of hydrogen-bond acceptors (Lipinski definition) is 2. The van der Waals surface area contributed by atoms with Gasteiger partial charge in [0.15, 0.2) is 0 Å². The van der Waals surface area contributed by atoms with Crippen molar-refractivity contribution in [1.29, 1.82) is 0 Å². The summed E-state index contributed by atoms with van der Waals surface area (Å²) in [4.78, 5) is 11.5. The Morgan fingerprint density at radius 3 is 1.88 bits per heavy atom. The molecule has 0 aliphatic rings. The second kappa shape index (κ2) is 7.80. The number of esters is 1. The molecule has 0 heterocycles. The van der Waals surface area contributed by atoms with Gasteiger partial charge < -0.3 is 4.74 Å². The molecule has 0 bridgehead atoms. The monoisotopic (exact) mass is 330 g/mol. The zero-order valence-corrected chi connectivity index (χ0v) is 14.6. The van der Waals surface area contributed by atoms with Crippen molar-refractivity contribution in [2.75, 3.05) is 0 Å². The Balaban J connectivity index is 1.90. The zero-order valence-electron chi connectivity index (χ0n) is 14.6. The fraction of sp³-hybridized carbons (Fsp3) is 0.174. The Hall–Kier alpha value is -2.87. The summed E-state index contributed by atoms with van der Waals surface area (Å²) in [5.41, 5.74) is 5.76. The van der Waals surface area contributed by atoms with Crippen LogP contribution in [0.5, 0.6) is 0 Å². The van der Waals surface area contributed by atoms with E-state index in [1.54, 1.807) is 6.92 Å². The summed E-state index contributed by atoms with van der Waals surface area (Å²) in [7, 11) is 0. The first-order chi connectivity index (χ1) is 12.2. The van der Waals surface area contributed by atoms with Gasteiger partial charge in [0.1, 0.15) is 6.10 Å². The number of carbonyl (C=O) groups is 1. The standard InChI is InChI=1S/C23H22O2/c1-3-23(24)25-17(2)18-13-15-20(16-14-18)22-12-8-7-11-21(22)19-9-5-4-6-10-19/h4-17H,3H2,1-2H3. The summed E-state index contributed by atoms with van der Waals surface area (Å²) in [6.45, 7) is 3.71. The van der Waals surface area contributed by atoms with Gasteiger partial charge in [0.25, 0.3) is 0 Å². The molecule has 126 valence electrons. The van der Waals surface area contributed by atoms with Crippen molar-refractivity contribution in [1.82, 2.24) is 0 Å². The maximum atomic E-state index is 11.5. The first kappa shape index (κ1) is 17.0. The van der Waals surface area contributed by atoms with Crippen LogP contribution in [0.25, 0.3) is 22.3 Å². The second-order valence-corrected chi connectivity index (χ2v) is 6.02. The van der Waals surface area contributed by atoms with Crippen LogP contribution < -0.4 is 0 Å². The fourth-order valence-electron chi connectivity index (χ4n) is 2.89. The van der Waals surface area contributed by atoms with Gasteiger partial charge in [0.05, 0.1) is 0 Å². The molecule has 0 radical (unpaired) electrons. The van der Waals surface area contributed by atoms with E-state index in [9.17, 15) is 4.79 Å². The molecule has 0 amide bonds. The van der Waals surface area contributed by atoms with Crippen LogP contribution in [0.4, 0.5) is 0 Å². The van der Waals surface area contributed by atoms with Crippen molar-refractivity contribution in [3.63, 3.8) is 0 Å². The van der Waals surface area contributed by atoms with E-state index in [1.165, 1.54) is 16.7 Å². The Kier molecular flexibility index (Phi) is 5.30. The third-order valence-corrected chi connectivity index (χ3v) is 4.30. The number of carbonyl (C=O) groups excluding carboxylic acids is 1. The largest absolute Gasteiger partial charge is 0.458 e. The molecule has 3 rings (SSSR count). The summed E-state index contributed by atoms with van der Waals surface area (Å²) in [6.07, 6.45) is 0.165. The molecule has 2 nitrogen and oxygen atoms in total. The highest BCUT2D eigenvalue weighted by atomic mass is 16.5. The first-order valence-corrected chi connectivity index (χ1v) is 8.63. The van der Waals surface area contributed by atoms with Crippen LogP contribution in [0, 0.1) is 0 Å². The van der Waals surface area contributed by atoms with E-state index in [-0.39, 0.29) is 12.1 Å². The maximum absolute atomic E-state index is 11.5. The summed E-state index contributed by atoms with van der Waals surface area (Å²) >= 11 is 0. The van der Waals surface area contributed by atoms with Crippen molar-refractivity contribution in [2.24, 2.45) is 0 Å². The molecule has 0 fully saturated rings. The molecule has 0 aromatic heterocycles. The van der Waals surface area contributed by atoms with Gasteiger partial charge in [-0.25, -0.2) is 0 Å². The van der Waals surface area contributed by atoms with Crippen LogP contribution in [0.1, 0.15) is 31.9 Å². The van der Waals surface area contributed by atoms with Crippen molar-refractivity contribution < 1.29 is 9.53 Å². The quantitative estimate of drug-likeness (QED) is 0.533. The van der Waals surface area contributed by atoms with E-state index >= 15 is 0 Å². The van der Waals surface area contributed by atoms with Gasteiger partial charge in [-0.3, -0.25) is 4.79 Å². The minimum absolute atomic E-state index is 0.175. The Labute approximate surface area is 149 Å². The van der Waals surface area contributed by atoms with E-state index in [2.05, 4.69) is 60.7 Å². The predicted molar refractivity (Wildman–Crippen MR) is 102 cm³/mol. The SMILES string of the molecule is CCC(=O)OC(C)c1ccc(-c2ccccc2-c2ccccc2)cc1. The molecule has 25 heavy (non-hydrogen) atoms. The van der Waals surface area contributed by atoms with Gasteiger partial charge in [-0.1, -0.05) is 85.8 Å². The van der Waals surface area contributed by atoms with Crippen LogP contribution >= 0.6 is 0 Å². The smallest absolute Gasteiger partial charge is 0.306 e.